The normalized spacial score (nSPS) is 17.4. The fourth-order valence-corrected chi connectivity index (χ4v) is 3.38. The first-order valence-electron chi connectivity index (χ1n) is 10.2. The maximum Gasteiger partial charge on any atom is 0.243 e. The number of carbonyl (C=O) groups is 2. The lowest BCUT2D eigenvalue weighted by atomic mass is 9.97. The van der Waals surface area contributed by atoms with E-state index in [1.807, 2.05) is 32.0 Å². The van der Waals surface area contributed by atoms with Gasteiger partial charge in [0.25, 0.3) is 0 Å². The van der Waals surface area contributed by atoms with Crippen molar-refractivity contribution < 1.29 is 19.1 Å². The molecule has 1 aliphatic rings. The van der Waals surface area contributed by atoms with Crippen molar-refractivity contribution in [1.82, 2.24) is 10.2 Å². The molecule has 0 spiro atoms. The molecule has 0 aromatic heterocycles. The number of ether oxygens (including phenoxy) is 2. The number of amides is 2. The van der Waals surface area contributed by atoms with E-state index in [-0.39, 0.29) is 23.8 Å². The summed E-state index contributed by atoms with van der Waals surface area (Å²) < 4.78 is 11.1. The van der Waals surface area contributed by atoms with Crippen LogP contribution in [0.3, 0.4) is 0 Å². The third-order valence-corrected chi connectivity index (χ3v) is 4.84. The summed E-state index contributed by atoms with van der Waals surface area (Å²) in [4.78, 5) is 25.6. The summed E-state index contributed by atoms with van der Waals surface area (Å²) in [5.74, 6) is 0.918. The van der Waals surface area contributed by atoms with E-state index in [2.05, 4.69) is 10.2 Å². The standard InChI is InChI=1S/C22H33N3O4/c1-16(2)29-19-9-7-17(14-20(19)28-3)8-10-21(26)24-11-5-13-25-12-4-6-18(15-25)22(23)27/h7-10,14,16,18H,4-6,11-13,15H2,1-3H3,(H2,23,27)(H,24,26)/b10-8+. The van der Waals surface area contributed by atoms with Crippen LogP contribution in [-0.2, 0) is 9.59 Å². The third kappa shape index (κ3) is 7.77. The van der Waals surface area contributed by atoms with Crippen LogP contribution in [0, 0.1) is 5.92 Å². The maximum absolute atomic E-state index is 12.0. The number of rotatable bonds is 10. The molecular weight excluding hydrogens is 370 g/mol. The lowest BCUT2D eigenvalue weighted by molar-refractivity contribution is -0.123. The summed E-state index contributed by atoms with van der Waals surface area (Å²) in [5, 5.41) is 2.89. The Kier molecular flexibility index (Phi) is 8.99. The van der Waals surface area contributed by atoms with Gasteiger partial charge in [0, 0.05) is 19.2 Å². The molecule has 1 unspecified atom stereocenters. The first-order chi connectivity index (χ1) is 13.9. The Labute approximate surface area is 173 Å². The molecule has 3 N–H and O–H groups in total. The molecule has 0 radical (unpaired) electrons. The smallest absolute Gasteiger partial charge is 0.243 e. The first-order valence-corrected chi connectivity index (χ1v) is 10.2. The van der Waals surface area contributed by atoms with Gasteiger partial charge in [0.15, 0.2) is 11.5 Å². The number of nitrogens with two attached hydrogens (primary N) is 1. The van der Waals surface area contributed by atoms with Crippen LogP contribution in [0.2, 0.25) is 0 Å². The van der Waals surface area contributed by atoms with Crippen LogP contribution < -0.4 is 20.5 Å². The largest absolute Gasteiger partial charge is 0.493 e. The molecule has 0 saturated carbocycles. The molecule has 7 heteroatoms. The number of nitrogens with zero attached hydrogens (tertiary/aromatic N) is 1. The lowest BCUT2D eigenvalue weighted by Gasteiger charge is -2.31. The first kappa shape index (κ1) is 22.7. The van der Waals surface area contributed by atoms with Crippen LogP contribution in [-0.4, -0.2) is 56.1 Å². The van der Waals surface area contributed by atoms with Gasteiger partial charge in [-0.3, -0.25) is 9.59 Å². The van der Waals surface area contributed by atoms with Crippen molar-refractivity contribution in [2.24, 2.45) is 11.7 Å². The predicted octanol–water partition coefficient (Wildman–Crippen LogP) is 2.20. The molecular formula is C22H33N3O4. The van der Waals surface area contributed by atoms with Crippen molar-refractivity contribution in [3.05, 3.63) is 29.8 Å². The summed E-state index contributed by atoms with van der Waals surface area (Å²) in [6, 6.07) is 5.57. The molecule has 0 aliphatic carbocycles. The second-order valence-corrected chi connectivity index (χ2v) is 7.60. The Balaban J connectivity index is 1.74. The van der Waals surface area contributed by atoms with Crippen LogP contribution in [0.25, 0.3) is 6.08 Å². The zero-order chi connectivity index (χ0) is 21.2. The van der Waals surface area contributed by atoms with E-state index in [4.69, 9.17) is 15.2 Å². The molecule has 1 saturated heterocycles. The molecule has 1 aromatic rings. The highest BCUT2D eigenvalue weighted by atomic mass is 16.5. The van der Waals surface area contributed by atoms with Crippen molar-refractivity contribution >= 4 is 17.9 Å². The van der Waals surface area contributed by atoms with Crippen molar-refractivity contribution in [3.63, 3.8) is 0 Å². The van der Waals surface area contributed by atoms with Gasteiger partial charge in [-0.1, -0.05) is 6.07 Å². The summed E-state index contributed by atoms with van der Waals surface area (Å²) in [6.07, 6.45) is 6.03. The van der Waals surface area contributed by atoms with Crippen molar-refractivity contribution in [3.8, 4) is 11.5 Å². The molecule has 1 aromatic carbocycles. The Morgan fingerprint density at radius 2 is 2.14 bits per heavy atom. The van der Waals surface area contributed by atoms with Crippen molar-refractivity contribution in [2.45, 2.75) is 39.2 Å². The van der Waals surface area contributed by atoms with E-state index in [1.165, 1.54) is 6.08 Å². The monoisotopic (exact) mass is 403 g/mol. The van der Waals surface area contributed by atoms with E-state index in [0.717, 1.165) is 44.5 Å². The van der Waals surface area contributed by atoms with Gasteiger partial charge in [0.1, 0.15) is 0 Å². The number of hydrogen-bond acceptors (Lipinski definition) is 5. The zero-order valence-electron chi connectivity index (χ0n) is 17.6. The van der Waals surface area contributed by atoms with E-state index >= 15 is 0 Å². The number of hydrogen-bond donors (Lipinski definition) is 2. The van der Waals surface area contributed by atoms with E-state index in [1.54, 1.807) is 13.2 Å². The highest BCUT2D eigenvalue weighted by Crippen LogP contribution is 2.29. The van der Waals surface area contributed by atoms with Gasteiger partial charge in [0.05, 0.1) is 19.1 Å². The number of benzene rings is 1. The summed E-state index contributed by atoms with van der Waals surface area (Å²) >= 11 is 0. The quantitative estimate of drug-likeness (QED) is 0.461. The fraction of sp³-hybridized carbons (Fsp3) is 0.545. The number of carbonyl (C=O) groups excluding carboxylic acids is 2. The molecule has 1 fully saturated rings. The van der Waals surface area contributed by atoms with E-state index in [9.17, 15) is 9.59 Å². The van der Waals surface area contributed by atoms with Gasteiger partial charge in [-0.15, -0.1) is 0 Å². The number of primary amides is 1. The molecule has 0 bridgehead atoms. The molecule has 1 aliphatic heterocycles. The van der Waals surface area contributed by atoms with Crippen molar-refractivity contribution in [2.75, 3.05) is 33.3 Å². The van der Waals surface area contributed by atoms with Gasteiger partial charge in [-0.05, 0) is 70.0 Å². The average Bonchev–Trinajstić information content (AvgIpc) is 2.70. The minimum Gasteiger partial charge on any atom is -0.493 e. The average molecular weight is 404 g/mol. The van der Waals surface area contributed by atoms with Crippen LogP contribution in [0.4, 0.5) is 0 Å². The maximum atomic E-state index is 12.0. The van der Waals surface area contributed by atoms with E-state index in [0.29, 0.717) is 18.0 Å². The fourth-order valence-electron chi connectivity index (χ4n) is 3.38. The zero-order valence-corrected chi connectivity index (χ0v) is 17.6. The highest BCUT2D eigenvalue weighted by Gasteiger charge is 2.23. The third-order valence-electron chi connectivity index (χ3n) is 4.84. The van der Waals surface area contributed by atoms with Crippen LogP contribution in [0.15, 0.2) is 24.3 Å². The molecule has 160 valence electrons. The second-order valence-electron chi connectivity index (χ2n) is 7.60. The topological polar surface area (TPSA) is 93.9 Å². The Bertz CT molecular complexity index is 718. The Morgan fingerprint density at radius 1 is 1.34 bits per heavy atom. The second kappa shape index (κ2) is 11.5. The molecule has 1 heterocycles. The summed E-state index contributed by atoms with van der Waals surface area (Å²) in [6.45, 7) is 7.06. The van der Waals surface area contributed by atoms with Gasteiger partial charge in [0.2, 0.25) is 11.8 Å². The van der Waals surface area contributed by atoms with Gasteiger partial charge in [-0.25, -0.2) is 0 Å². The number of likely N-dealkylation sites (tertiary alicyclic amines) is 1. The van der Waals surface area contributed by atoms with Gasteiger partial charge in [-0.2, -0.15) is 0 Å². The SMILES string of the molecule is COc1cc(/C=C/C(=O)NCCCN2CCCC(C(N)=O)C2)ccc1OC(C)C. The molecule has 7 nitrogen and oxygen atoms in total. The number of piperidine rings is 1. The predicted molar refractivity (Wildman–Crippen MR) is 114 cm³/mol. The molecule has 29 heavy (non-hydrogen) atoms. The van der Waals surface area contributed by atoms with Crippen LogP contribution in [0.1, 0.15) is 38.7 Å². The molecule has 2 amide bonds. The molecule has 1 atom stereocenters. The summed E-state index contributed by atoms with van der Waals surface area (Å²) in [7, 11) is 1.59. The minimum atomic E-state index is -0.214. The van der Waals surface area contributed by atoms with Crippen LogP contribution >= 0.6 is 0 Å². The Morgan fingerprint density at radius 3 is 2.83 bits per heavy atom. The minimum absolute atomic E-state index is 0.0457. The van der Waals surface area contributed by atoms with Gasteiger partial charge >= 0.3 is 0 Å². The van der Waals surface area contributed by atoms with E-state index < -0.39 is 0 Å². The van der Waals surface area contributed by atoms with Crippen LogP contribution in [0.5, 0.6) is 11.5 Å². The highest BCUT2D eigenvalue weighted by molar-refractivity contribution is 5.91. The van der Waals surface area contributed by atoms with Gasteiger partial charge < -0.3 is 25.4 Å². The summed E-state index contributed by atoms with van der Waals surface area (Å²) in [5.41, 5.74) is 6.27. The van der Waals surface area contributed by atoms with Crippen molar-refractivity contribution in [1.29, 1.82) is 0 Å². The molecule has 2 rings (SSSR count). The lowest BCUT2D eigenvalue weighted by Crippen LogP contribution is -2.42. The number of nitrogens with one attached hydrogen (secondary N) is 1. The Hall–Kier alpha value is -2.54. The number of methoxy groups -OCH3 is 1.